The van der Waals surface area contributed by atoms with Crippen LogP contribution >= 0.6 is 0 Å². The lowest BCUT2D eigenvalue weighted by molar-refractivity contribution is -0.137. The third-order valence-electron chi connectivity index (χ3n) is 4.77. The topological polar surface area (TPSA) is 24.5 Å². The average Bonchev–Trinajstić information content (AvgIpc) is 3.36. The maximum absolute atomic E-state index is 12.9. The van der Waals surface area contributed by atoms with Gasteiger partial charge >= 0.3 is 6.18 Å². The molecule has 1 saturated carbocycles. The summed E-state index contributed by atoms with van der Waals surface area (Å²) in [7, 11) is 1.45. The van der Waals surface area contributed by atoms with Crippen molar-refractivity contribution in [3.8, 4) is 5.75 Å². The lowest BCUT2D eigenvalue weighted by Gasteiger charge is -2.36. The molecule has 2 fully saturated rings. The zero-order chi connectivity index (χ0) is 16.4. The smallest absolute Gasteiger partial charge is 0.416 e. The number of benzene rings is 1. The number of rotatable bonds is 5. The summed E-state index contributed by atoms with van der Waals surface area (Å²) in [6.45, 7) is 3.68. The van der Waals surface area contributed by atoms with E-state index in [4.69, 9.17) is 4.74 Å². The standard InChI is InChI=1S/C17H23F3N2O/c1-23-16-11-13(17(18,19)20)4-5-14(16)15(10-12-2-3-12)22-8-6-21-7-9-22/h4-5,11-12,15,21H,2-3,6-10H2,1H3/t15-/m1/s1. The summed E-state index contributed by atoms with van der Waals surface area (Å²) < 4.78 is 44.1. The van der Waals surface area contributed by atoms with Crippen LogP contribution in [-0.2, 0) is 6.18 Å². The van der Waals surface area contributed by atoms with Crippen molar-refractivity contribution >= 4 is 0 Å². The lowest BCUT2D eigenvalue weighted by Crippen LogP contribution is -2.45. The molecule has 0 amide bonds. The molecule has 1 aliphatic carbocycles. The van der Waals surface area contributed by atoms with Gasteiger partial charge < -0.3 is 10.1 Å². The van der Waals surface area contributed by atoms with Gasteiger partial charge in [0.25, 0.3) is 0 Å². The molecule has 0 bridgehead atoms. The van der Waals surface area contributed by atoms with Crippen LogP contribution in [0.3, 0.4) is 0 Å². The van der Waals surface area contributed by atoms with Crippen molar-refractivity contribution in [2.24, 2.45) is 5.92 Å². The van der Waals surface area contributed by atoms with E-state index in [1.807, 2.05) is 0 Å². The van der Waals surface area contributed by atoms with Gasteiger partial charge in [0.15, 0.2) is 0 Å². The SMILES string of the molecule is COc1cc(C(F)(F)F)ccc1[C@@H](CC1CC1)N1CCNCC1. The molecule has 1 N–H and O–H groups in total. The number of nitrogens with zero attached hydrogens (tertiary/aromatic N) is 1. The Morgan fingerprint density at radius 1 is 1.26 bits per heavy atom. The molecule has 0 spiro atoms. The monoisotopic (exact) mass is 328 g/mol. The Bertz CT molecular complexity index is 537. The van der Waals surface area contributed by atoms with Crippen LogP contribution in [0.4, 0.5) is 13.2 Å². The molecule has 1 aliphatic heterocycles. The summed E-state index contributed by atoms with van der Waals surface area (Å²) >= 11 is 0. The van der Waals surface area contributed by atoms with Crippen LogP contribution in [0.15, 0.2) is 18.2 Å². The van der Waals surface area contributed by atoms with Crippen LogP contribution < -0.4 is 10.1 Å². The first kappa shape index (κ1) is 16.6. The quantitative estimate of drug-likeness (QED) is 0.896. The van der Waals surface area contributed by atoms with E-state index >= 15 is 0 Å². The van der Waals surface area contributed by atoms with Gasteiger partial charge in [0.2, 0.25) is 0 Å². The minimum absolute atomic E-state index is 0.141. The Balaban J connectivity index is 1.90. The molecule has 23 heavy (non-hydrogen) atoms. The second kappa shape index (κ2) is 6.69. The normalized spacial score (nSPS) is 21.2. The Morgan fingerprint density at radius 3 is 2.52 bits per heavy atom. The fraction of sp³-hybridized carbons (Fsp3) is 0.647. The summed E-state index contributed by atoms with van der Waals surface area (Å²) in [5, 5.41) is 3.33. The predicted molar refractivity (Wildman–Crippen MR) is 82.5 cm³/mol. The zero-order valence-corrected chi connectivity index (χ0v) is 13.3. The van der Waals surface area contributed by atoms with Crippen molar-refractivity contribution in [2.75, 3.05) is 33.3 Å². The summed E-state index contributed by atoms with van der Waals surface area (Å²) in [6, 6.07) is 4.07. The molecule has 1 saturated heterocycles. The van der Waals surface area contributed by atoms with Crippen molar-refractivity contribution in [1.29, 1.82) is 0 Å². The molecule has 0 radical (unpaired) electrons. The van der Waals surface area contributed by atoms with Gasteiger partial charge in [-0.3, -0.25) is 4.90 Å². The van der Waals surface area contributed by atoms with Crippen molar-refractivity contribution in [3.05, 3.63) is 29.3 Å². The first-order valence-corrected chi connectivity index (χ1v) is 8.19. The van der Waals surface area contributed by atoms with E-state index in [-0.39, 0.29) is 6.04 Å². The van der Waals surface area contributed by atoms with Crippen molar-refractivity contribution < 1.29 is 17.9 Å². The highest BCUT2D eigenvalue weighted by Gasteiger charge is 2.35. The molecule has 0 aromatic heterocycles. The second-order valence-electron chi connectivity index (χ2n) is 6.44. The average molecular weight is 328 g/mol. The third-order valence-corrected chi connectivity index (χ3v) is 4.77. The van der Waals surface area contributed by atoms with Gasteiger partial charge in [-0.25, -0.2) is 0 Å². The van der Waals surface area contributed by atoms with Crippen LogP contribution in [0.5, 0.6) is 5.75 Å². The van der Waals surface area contributed by atoms with E-state index in [9.17, 15) is 13.2 Å². The number of piperazine rings is 1. The minimum atomic E-state index is -4.34. The highest BCUT2D eigenvalue weighted by Crippen LogP contribution is 2.43. The van der Waals surface area contributed by atoms with Crippen LogP contribution in [0.25, 0.3) is 0 Å². The van der Waals surface area contributed by atoms with Gasteiger partial charge in [-0.15, -0.1) is 0 Å². The van der Waals surface area contributed by atoms with E-state index in [1.165, 1.54) is 26.0 Å². The van der Waals surface area contributed by atoms with Crippen molar-refractivity contribution in [3.63, 3.8) is 0 Å². The van der Waals surface area contributed by atoms with Gasteiger partial charge in [0, 0.05) is 37.8 Å². The maximum atomic E-state index is 12.9. The maximum Gasteiger partial charge on any atom is 0.416 e. The number of methoxy groups -OCH3 is 1. The number of nitrogens with one attached hydrogen (secondary N) is 1. The molecule has 2 aliphatic rings. The minimum Gasteiger partial charge on any atom is -0.496 e. The van der Waals surface area contributed by atoms with Crippen molar-refractivity contribution in [1.82, 2.24) is 10.2 Å². The fourth-order valence-electron chi connectivity index (χ4n) is 3.30. The van der Waals surface area contributed by atoms with Crippen LogP contribution in [-0.4, -0.2) is 38.2 Å². The molecule has 128 valence electrons. The molecule has 0 unspecified atom stereocenters. The van der Waals surface area contributed by atoms with Gasteiger partial charge in [-0.05, 0) is 24.5 Å². The number of hydrogen-bond acceptors (Lipinski definition) is 3. The summed E-state index contributed by atoms with van der Waals surface area (Å²) in [4.78, 5) is 2.37. The number of hydrogen-bond donors (Lipinski definition) is 1. The first-order valence-electron chi connectivity index (χ1n) is 8.19. The molecule has 1 atom stereocenters. The molecular formula is C17H23F3N2O. The van der Waals surface area contributed by atoms with Gasteiger partial charge in [-0.1, -0.05) is 18.9 Å². The fourth-order valence-corrected chi connectivity index (χ4v) is 3.30. The molecule has 1 heterocycles. The molecule has 3 rings (SSSR count). The molecule has 1 aromatic rings. The van der Waals surface area contributed by atoms with Gasteiger partial charge in [0.05, 0.1) is 12.7 Å². The van der Waals surface area contributed by atoms with Crippen LogP contribution in [0, 0.1) is 5.92 Å². The Morgan fingerprint density at radius 2 is 1.96 bits per heavy atom. The predicted octanol–water partition coefficient (Wildman–Crippen LogP) is 3.46. The lowest BCUT2D eigenvalue weighted by atomic mass is 9.96. The van der Waals surface area contributed by atoms with Gasteiger partial charge in [-0.2, -0.15) is 13.2 Å². The van der Waals surface area contributed by atoms with E-state index in [1.54, 1.807) is 6.07 Å². The third kappa shape index (κ3) is 3.98. The van der Waals surface area contributed by atoms with Gasteiger partial charge in [0.1, 0.15) is 5.75 Å². The molecule has 6 heteroatoms. The second-order valence-corrected chi connectivity index (χ2v) is 6.44. The van der Waals surface area contributed by atoms with E-state index in [0.29, 0.717) is 11.7 Å². The number of alkyl halides is 3. The Labute approximate surface area is 134 Å². The van der Waals surface area contributed by atoms with E-state index in [0.717, 1.165) is 44.2 Å². The zero-order valence-electron chi connectivity index (χ0n) is 13.3. The molecule has 3 nitrogen and oxygen atoms in total. The first-order chi connectivity index (χ1) is 11.0. The summed E-state index contributed by atoms with van der Waals surface area (Å²) in [6.07, 6.45) is -0.883. The molecule has 1 aromatic carbocycles. The number of halogens is 3. The number of ether oxygens (including phenoxy) is 1. The van der Waals surface area contributed by atoms with E-state index in [2.05, 4.69) is 10.2 Å². The van der Waals surface area contributed by atoms with E-state index < -0.39 is 11.7 Å². The largest absolute Gasteiger partial charge is 0.496 e. The Kier molecular flexibility index (Phi) is 4.82. The molecular weight excluding hydrogens is 305 g/mol. The Hall–Kier alpha value is -1.27. The summed E-state index contributed by atoms with van der Waals surface area (Å²) in [5.74, 6) is 1.05. The van der Waals surface area contributed by atoms with Crippen molar-refractivity contribution in [2.45, 2.75) is 31.5 Å². The van der Waals surface area contributed by atoms with Crippen LogP contribution in [0.2, 0.25) is 0 Å². The highest BCUT2D eigenvalue weighted by molar-refractivity contribution is 5.41. The highest BCUT2D eigenvalue weighted by atomic mass is 19.4. The van der Waals surface area contributed by atoms with Crippen LogP contribution in [0.1, 0.15) is 36.4 Å². The summed E-state index contributed by atoms with van der Waals surface area (Å²) in [5.41, 5.74) is 0.234.